The van der Waals surface area contributed by atoms with Crippen LogP contribution < -0.4 is 10.1 Å². The molecule has 21 heavy (non-hydrogen) atoms. The van der Waals surface area contributed by atoms with Gasteiger partial charge in [0, 0.05) is 12.3 Å². The number of nitrogens with one attached hydrogen (secondary N) is 1. The van der Waals surface area contributed by atoms with Crippen LogP contribution >= 0.6 is 0 Å². The van der Waals surface area contributed by atoms with E-state index >= 15 is 0 Å². The van der Waals surface area contributed by atoms with Gasteiger partial charge < -0.3 is 14.8 Å². The Morgan fingerprint density at radius 2 is 2.05 bits per heavy atom. The smallest absolute Gasteiger partial charge is 0.256 e. The third-order valence-corrected chi connectivity index (χ3v) is 3.39. The molecule has 0 saturated carbocycles. The monoisotopic (exact) mass is 293 g/mol. The lowest BCUT2D eigenvalue weighted by Crippen LogP contribution is -2.44. The van der Waals surface area contributed by atoms with Gasteiger partial charge >= 0.3 is 0 Å². The lowest BCUT2D eigenvalue weighted by molar-refractivity contribution is -0.140. The zero-order chi connectivity index (χ0) is 16.0. The molecule has 0 saturated heterocycles. The molecular formula is C17H27NO3. The molecule has 0 aliphatic carbocycles. The number of amides is 1. The number of carbonyl (C=O) groups is 1. The minimum absolute atomic E-state index is 0.109. The van der Waals surface area contributed by atoms with E-state index in [2.05, 4.69) is 19.2 Å². The third kappa shape index (κ3) is 4.74. The van der Waals surface area contributed by atoms with E-state index in [9.17, 15) is 4.79 Å². The lowest BCUT2D eigenvalue weighted by Gasteiger charge is -2.30. The number of hydrogen-bond acceptors (Lipinski definition) is 3. The summed E-state index contributed by atoms with van der Waals surface area (Å²) in [6, 6.07) is 5.59. The van der Waals surface area contributed by atoms with E-state index < -0.39 is 5.60 Å². The molecule has 4 heteroatoms. The molecule has 0 aliphatic heterocycles. The van der Waals surface area contributed by atoms with Crippen molar-refractivity contribution >= 4 is 11.6 Å². The summed E-state index contributed by atoms with van der Waals surface area (Å²) < 4.78 is 10.9. The molecule has 1 amide bonds. The normalized spacial score (nSPS) is 13.9. The Balaban J connectivity index is 2.88. The number of carbonyl (C=O) groups excluding carboxylic acids is 1. The van der Waals surface area contributed by atoms with Gasteiger partial charge in [0.1, 0.15) is 11.4 Å². The third-order valence-electron chi connectivity index (χ3n) is 3.39. The molecular weight excluding hydrogens is 266 g/mol. The van der Waals surface area contributed by atoms with E-state index in [-0.39, 0.29) is 5.91 Å². The van der Waals surface area contributed by atoms with Crippen molar-refractivity contribution in [1.29, 1.82) is 0 Å². The minimum Gasteiger partial charge on any atom is -0.496 e. The number of rotatable bonds is 7. The maximum Gasteiger partial charge on any atom is 0.256 e. The summed E-state index contributed by atoms with van der Waals surface area (Å²) in [7, 11) is 1.63. The van der Waals surface area contributed by atoms with Crippen LogP contribution in [0.5, 0.6) is 5.75 Å². The second-order valence-electron chi connectivity index (χ2n) is 5.90. The summed E-state index contributed by atoms with van der Waals surface area (Å²) in [6.07, 6.45) is 0.682. The van der Waals surface area contributed by atoms with Gasteiger partial charge in [-0.1, -0.05) is 13.8 Å². The number of methoxy groups -OCH3 is 1. The van der Waals surface area contributed by atoms with Crippen LogP contribution in [0.15, 0.2) is 18.2 Å². The average molecular weight is 293 g/mol. The van der Waals surface area contributed by atoms with E-state index in [0.717, 1.165) is 17.0 Å². The van der Waals surface area contributed by atoms with Crippen molar-refractivity contribution in [3.8, 4) is 5.75 Å². The zero-order valence-electron chi connectivity index (χ0n) is 13.9. The zero-order valence-corrected chi connectivity index (χ0v) is 13.9. The molecule has 0 fully saturated rings. The van der Waals surface area contributed by atoms with Gasteiger partial charge in [-0.15, -0.1) is 0 Å². The van der Waals surface area contributed by atoms with Crippen LogP contribution in [0, 0.1) is 12.8 Å². The highest BCUT2D eigenvalue weighted by Crippen LogP contribution is 2.25. The van der Waals surface area contributed by atoms with E-state index in [1.165, 1.54) is 0 Å². The average Bonchev–Trinajstić information content (AvgIpc) is 2.38. The van der Waals surface area contributed by atoms with Crippen molar-refractivity contribution in [2.75, 3.05) is 19.0 Å². The quantitative estimate of drug-likeness (QED) is 0.832. The molecule has 0 aromatic heterocycles. The Labute approximate surface area is 127 Å². The van der Waals surface area contributed by atoms with Crippen LogP contribution in [-0.4, -0.2) is 25.2 Å². The molecule has 0 spiro atoms. The van der Waals surface area contributed by atoms with Crippen molar-refractivity contribution in [1.82, 2.24) is 0 Å². The highest BCUT2D eigenvalue weighted by atomic mass is 16.5. The first-order chi connectivity index (χ1) is 9.82. The van der Waals surface area contributed by atoms with Crippen molar-refractivity contribution in [2.45, 2.75) is 46.6 Å². The summed E-state index contributed by atoms with van der Waals surface area (Å²) in [4.78, 5) is 12.6. The van der Waals surface area contributed by atoms with E-state index in [4.69, 9.17) is 9.47 Å². The number of ether oxygens (including phenoxy) is 2. The summed E-state index contributed by atoms with van der Waals surface area (Å²) >= 11 is 0. The molecule has 1 aromatic carbocycles. The minimum atomic E-state index is -0.809. The van der Waals surface area contributed by atoms with Crippen molar-refractivity contribution in [3.05, 3.63) is 23.8 Å². The number of hydrogen-bond donors (Lipinski definition) is 1. The number of benzene rings is 1. The molecule has 0 unspecified atom stereocenters. The molecule has 118 valence electrons. The van der Waals surface area contributed by atoms with Gasteiger partial charge in [-0.25, -0.2) is 0 Å². The Morgan fingerprint density at radius 3 is 2.52 bits per heavy atom. The summed E-state index contributed by atoms with van der Waals surface area (Å²) in [5.41, 5.74) is 0.932. The summed E-state index contributed by atoms with van der Waals surface area (Å²) in [5, 5.41) is 2.95. The predicted octanol–water partition coefficient (Wildman–Crippen LogP) is 3.78. The second-order valence-corrected chi connectivity index (χ2v) is 5.90. The van der Waals surface area contributed by atoms with Crippen LogP contribution in [0.2, 0.25) is 0 Å². The fraction of sp³-hybridized carbons (Fsp3) is 0.588. The Bertz CT molecular complexity index is 485. The number of anilines is 1. The fourth-order valence-electron chi connectivity index (χ4n) is 2.53. The Hall–Kier alpha value is -1.55. The van der Waals surface area contributed by atoms with Gasteiger partial charge in [-0.3, -0.25) is 4.79 Å². The topological polar surface area (TPSA) is 47.6 Å². The van der Waals surface area contributed by atoms with Gasteiger partial charge in [0.05, 0.1) is 7.11 Å². The van der Waals surface area contributed by atoms with Gasteiger partial charge in [0.2, 0.25) is 0 Å². The van der Waals surface area contributed by atoms with Crippen molar-refractivity contribution in [3.63, 3.8) is 0 Å². The van der Waals surface area contributed by atoms with Crippen molar-refractivity contribution in [2.24, 2.45) is 5.92 Å². The maximum atomic E-state index is 12.6. The Morgan fingerprint density at radius 1 is 1.38 bits per heavy atom. The molecule has 0 radical (unpaired) electrons. The second kappa shape index (κ2) is 7.46. The van der Waals surface area contributed by atoms with E-state index in [1.54, 1.807) is 7.11 Å². The van der Waals surface area contributed by atoms with E-state index in [1.807, 2.05) is 39.0 Å². The first-order valence-electron chi connectivity index (χ1n) is 7.42. The highest BCUT2D eigenvalue weighted by molar-refractivity contribution is 5.97. The van der Waals surface area contributed by atoms with Gasteiger partial charge in [-0.2, -0.15) is 0 Å². The van der Waals surface area contributed by atoms with Gasteiger partial charge in [0.25, 0.3) is 5.91 Å². The molecule has 1 rings (SSSR count). The first kappa shape index (κ1) is 17.5. The SMILES string of the molecule is CCO[C@](C)(CC(C)C)C(=O)Nc1ccc(OC)c(C)c1. The predicted molar refractivity (Wildman–Crippen MR) is 85.8 cm³/mol. The molecule has 0 heterocycles. The molecule has 1 aromatic rings. The van der Waals surface area contributed by atoms with Crippen LogP contribution in [0.4, 0.5) is 5.69 Å². The standard InChI is InChI=1S/C17H27NO3/c1-7-21-17(5,11-12(2)3)16(19)18-14-8-9-15(20-6)13(4)10-14/h8-10,12H,7,11H2,1-6H3,(H,18,19)/t17-/m1/s1. The van der Waals surface area contributed by atoms with Crippen LogP contribution in [0.25, 0.3) is 0 Å². The Kier molecular flexibility index (Phi) is 6.21. The molecule has 1 N–H and O–H groups in total. The van der Waals surface area contributed by atoms with Gasteiger partial charge in [-0.05, 0) is 56.9 Å². The molecule has 4 nitrogen and oxygen atoms in total. The molecule has 1 atom stereocenters. The van der Waals surface area contributed by atoms with E-state index in [0.29, 0.717) is 18.9 Å². The molecule has 0 bridgehead atoms. The molecule has 0 aliphatic rings. The highest BCUT2D eigenvalue weighted by Gasteiger charge is 2.34. The maximum absolute atomic E-state index is 12.6. The van der Waals surface area contributed by atoms with Crippen LogP contribution in [0.1, 0.15) is 39.7 Å². The van der Waals surface area contributed by atoms with Crippen molar-refractivity contribution < 1.29 is 14.3 Å². The lowest BCUT2D eigenvalue weighted by atomic mass is 9.93. The fourth-order valence-corrected chi connectivity index (χ4v) is 2.53. The summed E-state index contributed by atoms with van der Waals surface area (Å²) in [5.74, 6) is 1.08. The van der Waals surface area contributed by atoms with Crippen LogP contribution in [0.3, 0.4) is 0 Å². The first-order valence-corrected chi connectivity index (χ1v) is 7.42. The van der Waals surface area contributed by atoms with Crippen LogP contribution in [-0.2, 0) is 9.53 Å². The largest absolute Gasteiger partial charge is 0.496 e. The number of aryl methyl sites for hydroxylation is 1. The summed E-state index contributed by atoms with van der Waals surface area (Å²) in [6.45, 7) is 10.4. The van der Waals surface area contributed by atoms with Gasteiger partial charge in [0.15, 0.2) is 0 Å².